The first-order chi connectivity index (χ1) is 7.88. The Labute approximate surface area is 101 Å². The summed E-state index contributed by atoms with van der Waals surface area (Å²) in [5.74, 6) is 0.263. The number of nitrogens with two attached hydrogens (primary N) is 1. The van der Waals surface area contributed by atoms with E-state index in [1.54, 1.807) is 0 Å². The Morgan fingerprint density at radius 3 is 2.82 bits per heavy atom. The van der Waals surface area contributed by atoms with Crippen LogP contribution in [0.25, 0.3) is 0 Å². The maximum absolute atomic E-state index is 14.5. The summed E-state index contributed by atoms with van der Waals surface area (Å²) in [6.45, 7) is 3.99. The topological polar surface area (TPSA) is 66.6 Å². The number of fused-ring (bicyclic) bond motifs is 2. The van der Waals surface area contributed by atoms with Crippen LogP contribution in [-0.2, 0) is 0 Å². The van der Waals surface area contributed by atoms with Gasteiger partial charge in [0.1, 0.15) is 6.17 Å². The molecule has 0 aromatic carbocycles. The molecule has 0 aliphatic carbocycles. The normalized spacial score (nSPS) is 41.0. The van der Waals surface area contributed by atoms with Crippen molar-refractivity contribution in [3.63, 3.8) is 0 Å². The van der Waals surface area contributed by atoms with Crippen molar-refractivity contribution >= 4 is 6.09 Å². The molecule has 2 aliphatic rings. The summed E-state index contributed by atoms with van der Waals surface area (Å²) in [5, 5.41) is 9.32. The predicted octanol–water partition coefficient (Wildman–Crippen LogP) is 1.98. The number of carbonyl (C=O) groups is 1. The zero-order chi connectivity index (χ0) is 12.8. The van der Waals surface area contributed by atoms with E-state index >= 15 is 0 Å². The van der Waals surface area contributed by atoms with Crippen molar-refractivity contribution in [1.29, 1.82) is 0 Å². The Morgan fingerprint density at radius 2 is 2.29 bits per heavy atom. The first-order valence-electron chi connectivity index (χ1n) is 6.30. The van der Waals surface area contributed by atoms with Crippen molar-refractivity contribution in [2.45, 2.75) is 63.3 Å². The average Bonchev–Trinajstić information content (AvgIpc) is 2.50. The van der Waals surface area contributed by atoms with Gasteiger partial charge in [0.05, 0.1) is 5.54 Å². The molecule has 0 spiro atoms. The van der Waals surface area contributed by atoms with E-state index in [1.807, 2.05) is 13.8 Å². The smallest absolute Gasteiger partial charge is 0.408 e. The maximum Gasteiger partial charge on any atom is 0.408 e. The molecule has 2 rings (SSSR count). The van der Waals surface area contributed by atoms with Crippen LogP contribution in [0.4, 0.5) is 9.18 Å². The maximum atomic E-state index is 14.5. The highest BCUT2D eigenvalue weighted by Gasteiger charge is 2.59. The molecule has 4 atom stereocenters. The number of amides is 1. The van der Waals surface area contributed by atoms with E-state index in [4.69, 9.17) is 5.73 Å². The van der Waals surface area contributed by atoms with Gasteiger partial charge in [-0.25, -0.2) is 9.18 Å². The molecule has 2 saturated heterocycles. The first kappa shape index (κ1) is 12.6. The van der Waals surface area contributed by atoms with Gasteiger partial charge in [-0.1, -0.05) is 13.8 Å². The van der Waals surface area contributed by atoms with Gasteiger partial charge in [0.2, 0.25) is 0 Å². The second kappa shape index (κ2) is 4.12. The summed E-state index contributed by atoms with van der Waals surface area (Å²) in [6.07, 6.45) is 0.129. The van der Waals surface area contributed by atoms with Crippen LogP contribution in [0.5, 0.6) is 0 Å². The molecule has 2 bridgehead atoms. The molecule has 3 N–H and O–H groups in total. The largest absolute Gasteiger partial charge is 0.465 e. The van der Waals surface area contributed by atoms with Gasteiger partial charge in [0, 0.05) is 12.1 Å². The SMILES string of the molecule is CC(C)C[C@]12CC[C@H](C[C@@H](N)[C@H]1F)N2C(=O)O. The van der Waals surface area contributed by atoms with Crippen LogP contribution < -0.4 is 5.73 Å². The average molecular weight is 244 g/mol. The van der Waals surface area contributed by atoms with Crippen molar-refractivity contribution in [3.8, 4) is 0 Å². The number of rotatable bonds is 2. The lowest BCUT2D eigenvalue weighted by molar-refractivity contribution is -0.0258. The third kappa shape index (κ3) is 1.80. The lowest BCUT2D eigenvalue weighted by Gasteiger charge is -2.48. The predicted molar refractivity (Wildman–Crippen MR) is 62.6 cm³/mol. The van der Waals surface area contributed by atoms with Gasteiger partial charge in [0.25, 0.3) is 0 Å². The van der Waals surface area contributed by atoms with E-state index in [-0.39, 0.29) is 12.0 Å². The molecular formula is C12H21FN2O2. The molecular weight excluding hydrogens is 223 g/mol. The number of carboxylic acid groups (broad SMARTS) is 1. The summed E-state index contributed by atoms with van der Waals surface area (Å²) in [5.41, 5.74) is 4.96. The lowest BCUT2D eigenvalue weighted by atomic mass is 9.78. The quantitative estimate of drug-likeness (QED) is 0.780. The van der Waals surface area contributed by atoms with E-state index in [0.717, 1.165) is 6.42 Å². The van der Waals surface area contributed by atoms with E-state index in [2.05, 4.69) is 0 Å². The molecule has 98 valence electrons. The summed E-state index contributed by atoms with van der Waals surface area (Å²) >= 11 is 0. The van der Waals surface area contributed by atoms with Gasteiger partial charge < -0.3 is 10.8 Å². The van der Waals surface area contributed by atoms with Crippen LogP contribution in [0.1, 0.15) is 39.5 Å². The number of alkyl halides is 1. The highest BCUT2D eigenvalue weighted by molar-refractivity contribution is 5.68. The lowest BCUT2D eigenvalue weighted by Crippen LogP contribution is -2.65. The molecule has 2 fully saturated rings. The van der Waals surface area contributed by atoms with Crippen LogP contribution in [0.2, 0.25) is 0 Å². The summed E-state index contributed by atoms with van der Waals surface area (Å²) in [4.78, 5) is 12.7. The van der Waals surface area contributed by atoms with Gasteiger partial charge in [-0.2, -0.15) is 0 Å². The van der Waals surface area contributed by atoms with Gasteiger partial charge >= 0.3 is 6.09 Å². The van der Waals surface area contributed by atoms with Gasteiger partial charge in [-0.05, 0) is 31.6 Å². The number of hydrogen-bond acceptors (Lipinski definition) is 2. The minimum atomic E-state index is -1.24. The number of halogens is 1. The standard InChI is InChI=1S/C12H21FN2O2/c1-7(2)6-12-4-3-8(15(12)11(16)17)5-9(14)10(12)13/h7-10H,3-6,14H2,1-2H3,(H,16,17)/t8-,9-,10-,12-/m1/s1. The molecule has 1 amide bonds. The Bertz CT molecular complexity index is 324. The molecule has 0 radical (unpaired) electrons. The zero-order valence-electron chi connectivity index (χ0n) is 10.4. The summed E-state index contributed by atoms with van der Waals surface area (Å²) in [7, 11) is 0. The van der Waals surface area contributed by atoms with Crippen molar-refractivity contribution in [2.75, 3.05) is 0 Å². The Morgan fingerprint density at radius 1 is 1.65 bits per heavy atom. The fraction of sp³-hybridized carbons (Fsp3) is 0.917. The number of piperidine rings is 1. The molecule has 0 aromatic rings. The minimum absolute atomic E-state index is 0.0896. The van der Waals surface area contributed by atoms with E-state index in [9.17, 15) is 14.3 Å². The third-order valence-corrected chi connectivity index (χ3v) is 4.16. The summed E-state index contributed by atoms with van der Waals surface area (Å²) < 4.78 is 14.5. The minimum Gasteiger partial charge on any atom is -0.465 e. The highest BCUT2D eigenvalue weighted by atomic mass is 19.1. The molecule has 2 heterocycles. The molecule has 0 saturated carbocycles. The van der Waals surface area contributed by atoms with E-state index in [1.165, 1.54) is 4.90 Å². The van der Waals surface area contributed by atoms with Crippen molar-refractivity contribution in [1.82, 2.24) is 4.90 Å². The second-order valence-electron chi connectivity index (χ2n) is 5.85. The van der Waals surface area contributed by atoms with Crippen LogP contribution in [0.3, 0.4) is 0 Å². The number of hydrogen-bond donors (Lipinski definition) is 2. The Balaban J connectivity index is 2.36. The first-order valence-corrected chi connectivity index (χ1v) is 6.30. The molecule has 4 nitrogen and oxygen atoms in total. The Hall–Kier alpha value is -0.840. The fourth-order valence-corrected chi connectivity index (χ4v) is 3.72. The van der Waals surface area contributed by atoms with E-state index in [0.29, 0.717) is 19.3 Å². The van der Waals surface area contributed by atoms with Gasteiger partial charge in [-0.15, -0.1) is 0 Å². The van der Waals surface area contributed by atoms with E-state index < -0.39 is 23.8 Å². The van der Waals surface area contributed by atoms with Crippen LogP contribution in [0.15, 0.2) is 0 Å². The second-order valence-corrected chi connectivity index (χ2v) is 5.85. The fourth-order valence-electron chi connectivity index (χ4n) is 3.72. The highest BCUT2D eigenvalue weighted by Crippen LogP contribution is 2.48. The van der Waals surface area contributed by atoms with Crippen molar-refractivity contribution in [3.05, 3.63) is 0 Å². The van der Waals surface area contributed by atoms with Crippen molar-refractivity contribution < 1.29 is 14.3 Å². The zero-order valence-corrected chi connectivity index (χ0v) is 10.4. The van der Waals surface area contributed by atoms with Gasteiger partial charge in [0.15, 0.2) is 0 Å². The molecule has 2 aliphatic heterocycles. The number of nitrogens with zero attached hydrogens (tertiary/aromatic N) is 1. The molecule has 5 heteroatoms. The Kier molecular flexibility index (Phi) is 3.06. The van der Waals surface area contributed by atoms with Crippen molar-refractivity contribution in [2.24, 2.45) is 11.7 Å². The van der Waals surface area contributed by atoms with Crippen LogP contribution in [-0.4, -0.2) is 39.9 Å². The monoisotopic (exact) mass is 244 g/mol. The summed E-state index contributed by atoms with van der Waals surface area (Å²) in [6, 6.07) is -0.606. The van der Waals surface area contributed by atoms with Crippen LogP contribution >= 0.6 is 0 Å². The molecule has 17 heavy (non-hydrogen) atoms. The van der Waals surface area contributed by atoms with Crippen LogP contribution in [0, 0.1) is 5.92 Å². The van der Waals surface area contributed by atoms with Gasteiger partial charge in [-0.3, -0.25) is 4.90 Å². The molecule has 0 unspecified atom stereocenters. The molecule has 0 aromatic heterocycles. The third-order valence-electron chi connectivity index (χ3n) is 4.16.